The molecule has 0 aliphatic heterocycles. The molecular weight excluding hydrogens is 382 g/mol. The summed E-state index contributed by atoms with van der Waals surface area (Å²) in [6, 6.07) is 3.84. The van der Waals surface area contributed by atoms with E-state index in [0.717, 1.165) is 11.3 Å². The zero-order chi connectivity index (χ0) is 20.3. The summed E-state index contributed by atoms with van der Waals surface area (Å²) in [7, 11) is 4.76. The van der Waals surface area contributed by atoms with Crippen LogP contribution in [0.5, 0.6) is 17.2 Å². The van der Waals surface area contributed by atoms with Gasteiger partial charge in [-0.05, 0) is 38.0 Å². The normalized spacial score (nSPS) is 10.9. The van der Waals surface area contributed by atoms with Gasteiger partial charge >= 0.3 is 5.97 Å². The first-order valence-corrected chi connectivity index (χ1v) is 9.65. The van der Waals surface area contributed by atoms with Gasteiger partial charge in [0.05, 0.1) is 33.6 Å². The summed E-state index contributed by atoms with van der Waals surface area (Å²) in [6.45, 7) is 3.96. The Bertz CT molecular complexity index is 970. The van der Waals surface area contributed by atoms with Crippen LogP contribution < -0.4 is 14.2 Å². The SMILES string of the molecule is CCOC(=O)c1sc2nc(CCc3cc(OC)c(OC)c(OC)c3)nn2c1C. The van der Waals surface area contributed by atoms with Crippen molar-refractivity contribution in [3.63, 3.8) is 0 Å². The molecule has 3 aromatic rings. The van der Waals surface area contributed by atoms with Crippen LogP contribution >= 0.6 is 11.3 Å². The first-order valence-electron chi connectivity index (χ1n) is 8.83. The fourth-order valence-corrected chi connectivity index (χ4v) is 3.89. The first-order chi connectivity index (χ1) is 13.5. The van der Waals surface area contributed by atoms with E-state index >= 15 is 0 Å². The van der Waals surface area contributed by atoms with Crippen LogP contribution in [0.4, 0.5) is 0 Å². The van der Waals surface area contributed by atoms with Crippen molar-refractivity contribution in [3.8, 4) is 17.2 Å². The van der Waals surface area contributed by atoms with Gasteiger partial charge in [0.2, 0.25) is 10.7 Å². The van der Waals surface area contributed by atoms with Gasteiger partial charge in [0.1, 0.15) is 4.88 Å². The maximum atomic E-state index is 12.0. The van der Waals surface area contributed by atoms with E-state index in [1.54, 1.807) is 32.8 Å². The lowest BCUT2D eigenvalue weighted by atomic mass is 10.1. The van der Waals surface area contributed by atoms with Crippen molar-refractivity contribution in [3.05, 3.63) is 34.1 Å². The Morgan fingerprint density at radius 3 is 2.32 bits per heavy atom. The monoisotopic (exact) mass is 405 g/mol. The molecule has 0 saturated carbocycles. The number of carbonyl (C=O) groups excluding carboxylic acids is 1. The maximum absolute atomic E-state index is 12.0. The Kier molecular flexibility index (Phi) is 6.03. The van der Waals surface area contributed by atoms with Crippen molar-refractivity contribution in [2.75, 3.05) is 27.9 Å². The van der Waals surface area contributed by atoms with Crippen molar-refractivity contribution >= 4 is 22.3 Å². The Labute approximate surface area is 167 Å². The van der Waals surface area contributed by atoms with E-state index in [1.807, 2.05) is 19.1 Å². The number of thiazole rings is 1. The molecule has 0 unspecified atom stereocenters. The minimum Gasteiger partial charge on any atom is -0.493 e. The Morgan fingerprint density at radius 1 is 1.11 bits per heavy atom. The third-order valence-corrected chi connectivity index (χ3v) is 5.40. The zero-order valence-electron chi connectivity index (χ0n) is 16.6. The molecule has 150 valence electrons. The van der Waals surface area contributed by atoms with E-state index in [9.17, 15) is 4.79 Å². The number of nitrogens with zero attached hydrogens (tertiary/aromatic N) is 3. The molecule has 0 aliphatic carbocycles. The van der Waals surface area contributed by atoms with Crippen molar-refractivity contribution in [1.29, 1.82) is 0 Å². The smallest absolute Gasteiger partial charge is 0.350 e. The lowest BCUT2D eigenvalue weighted by Gasteiger charge is -2.13. The summed E-state index contributed by atoms with van der Waals surface area (Å²) in [5.74, 6) is 2.17. The second-order valence-electron chi connectivity index (χ2n) is 5.99. The third-order valence-electron chi connectivity index (χ3n) is 4.28. The standard InChI is InChI=1S/C19H23N3O5S/c1-6-27-18(23)17-11(2)22-19(28-17)20-15(21-22)8-7-12-9-13(24-3)16(26-5)14(10-12)25-4/h9-10H,6-8H2,1-5H3. The molecular formula is C19H23N3O5S. The molecule has 0 saturated heterocycles. The zero-order valence-corrected chi connectivity index (χ0v) is 17.4. The second-order valence-corrected chi connectivity index (χ2v) is 6.97. The van der Waals surface area contributed by atoms with Crippen LogP contribution in [-0.2, 0) is 17.6 Å². The Hall–Kier alpha value is -2.81. The van der Waals surface area contributed by atoms with Crippen molar-refractivity contribution in [1.82, 2.24) is 14.6 Å². The van der Waals surface area contributed by atoms with Crippen LogP contribution in [0.15, 0.2) is 12.1 Å². The molecule has 2 heterocycles. The number of hydrogen-bond donors (Lipinski definition) is 0. The number of aryl methyl sites for hydroxylation is 3. The molecule has 0 aliphatic rings. The predicted octanol–water partition coefficient (Wildman–Crippen LogP) is 3.09. The molecule has 3 rings (SSSR count). The predicted molar refractivity (Wildman–Crippen MR) is 105 cm³/mol. The number of benzene rings is 1. The van der Waals surface area contributed by atoms with Gasteiger partial charge in [-0.1, -0.05) is 11.3 Å². The number of methoxy groups -OCH3 is 3. The highest BCUT2D eigenvalue weighted by Gasteiger charge is 2.20. The van der Waals surface area contributed by atoms with Crippen LogP contribution in [0.2, 0.25) is 0 Å². The number of ether oxygens (including phenoxy) is 4. The van der Waals surface area contributed by atoms with Crippen LogP contribution in [0.3, 0.4) is 0 Å². The van der Waals surface area contributed by atoms with Gasteiger partial charge < -0.3 is 18.9 Å². The number of fused-ring (bicyclic) bond motifs is 1. The molecule has 28 heavy (non-hydrogen) atoms. The molecule has 0 radical (unpaired) electrons. The quantitative estimate of drug-likeness (QED) is 0.533. The van der Waals surface area contributed by atoms with Gasteiger partial charge in [0.25, 0.3) is 0 Å². The van der Waals surface area contributed by atoms with Gasteiger partial charge in [-0.2, -0.15) is 5.10 Å². The highest BCUT2D eigenvalue weighted by Crippen LogP contribution is 2.38. The summed E-state index contributed by atoms with van der Waals surface area (Å²) in [4.78, 5) is 17.7. The third kappa shape index (κ3) is 3.75. The molecule has 1 aromatic carbocycles. The Balaban J connectivity index is 1.80. The van der Waals surface area contributed by atoms with Crippen molar-refractivity contribution in [2.24, 2.45) is 0 Å². The molecule has 0 fully saturated rings. The van der Waals surface area contributed by atoms with Crippen LogP contribution in [0.25, 0.3) is 4.96 Å². The number of rotatable bonds is 8. The van der Waals surface area contributed by atoms with Crippen molar-refractivity contribution in [2.45, 2.75) is 26.7 Å². The summed E-state index contributed by atoms with van der Waals surface area (Å²) >= 11 is 1.29. The van der Waals surface area contributed by atoms with E-state index in [0.29, 0.717) is 52.4 Å². The number of carbonyl (C=O) groups is 1. The molecule has 0 amide bonds. The summed E-state index contributed by atoms with van der Waals surface area (Å²) in [5, 5.41) is 4.53. The van der Waals surface area contributed by atoms with Crippen LogP contribution in [-0.4, -0.2) is 48.5 Å². The van der Waals surface area contributed by atoms with Gasteiger partial charge in [0.15, 0.2) is 17.3 Å². The Morgan fingerprint density at radius 2 is 1.79 bits per heavy atom. The fraction of sp³-hybridized carbons (Fsp3) is 0.421. The minimum atomic E-state index is -0.337. The average Bonchev–Trinajstić information content (AvgIpc) is 3.24. The largest absolute Gasteiger partial charge is 0.493 e. The topological polar surface area (TPSA) is 84.2 Å². The molecule has 9 heteroatoms. The molecule has 0 bridgehead atoms. The van der Waals surface area contributed by atoms with Crippen LogP contribution in [0.1, 0.15) is 33.7 Å². The van der Waals surface area contributed by atoms with E-state index in [-0.39, 0.29) is 5.97 Å². The number of esters is 1. The number of hydrogen-bond acceptors (Lipinski definition) is 8. The molecule has 0 atom stereocenters. The van der Waals surface area contributed by atoms with Gasteiger partial charge in [-0.15, -0.1) is 0 Å². The highest BCUT2D eigenvalue weighted by atomic mass is 32.1. The van der Waals surface area contributed by atoms with E-state index < -0.39 is 0 Å². The van der Waals surface area contributed by atoms with E-state index in [2.05, 4.69) is 10.1 Å². The summed E-state index contributed by atoms with van der Waals surface area (Å²) in [6.07, 6.45) is 1.35. The molecule has 2 aromatic heterocycles. The molecule has 0 spiro atoms. The lowest BCUT2D eigenvalue weighted by molar-refractivity contribution is 0.0530. The average molecular weight is 405 g/mol. The van der Waals surface area contributed by atoms with Gasteiger partial charge in [-0.25, -0.2) is 14.3 Å². The second kappa shape index (κ2) is 8.47. The maximum Gasteiger partial charge on any atom is 0.350 e. The molecule has 8 nitrogen and oxygen atoms in total. The van der Waals surface area contributed by atoms with Crippen LogP contribution in [0, 0.1) is 6.92 Å². The minimum absolute atomic E-state index is 0.337. The van der Waals surface area contributed by atoms with Crippen molar-refractivity contribution < 1.29 is 23.7 Å². The molecule has 0 N–H and O–H groups in total. The van der Waals surface area contributed by atoms with Gasteiger partial charge in [-0.3, -0.25) is 0 Å². The highest BCUT2D eigenvalue weighted by molar-refractivity contribution is 7.18. The van der Waals surface area contributed by atoms with E-state index in [1.165, 1.54) is 11.3 Å². The van der Waals surface area contributed by atoms with Gasteiger partial charge in [0, 0.05) is 6.42 Å². The number of aromatic nitrogens is 3. The first kappa shape index (κ1) is 19.9. The lowest BCUT2D eigenvalue weighted by Crippen LogP contribution is -2.05. The fourth-order valence-electron chi connectivity index (χ4n) is 2.91. The van der Waals surface area contributed by atoms with E-state index in [4.69, 9.17) is 18.9 Å². The summed E-state index contributed by atoms with van der Waals surface area (Å²) in [5.41, 5.74) is 1.77. The summed E-state index contributed by atoms with van der Waals surface area (Å²) < 4.78 is 22.9.